The molecule has 2 heteroatoms. The van der Waals surface area contributed by atoms with Gasteiger partial charge in [0.05, 0.1) is 0 Å². The van der Waals surface area contributed by atoms with Crippen LogP contribution in [0.15, 0.2) is 48.5 Å². The minimum Gasteiger partial charge on any atom is -0.508 e. The molecule has 0 amide bonds. The molecular formula is C29H40O2. The molecule has 0 radical (unpaired) electrons. The molecule has 0 spiro atoms. The lowest BCUT2D eigenvalue weighted by Gasteiger charge is -2.44. The minimum absolute atomic E-state index is 0.00471. The van der Waals surface area contributed by atoms with Crippen molar-refractivity contribution in [2.24, 2.45) is 17.8 Å². The number of hydrogen-bond donors (Lipinski definition) is 2. The maximum absolute atomic E-state index is 9.81. The van der Waals surface area contributed by atoms with Gasteiger partial charge in [-0.2, -0.15) is 0 Å². The van der Waals surface area contributed by atoms with E-state index in [0.717, 1.165) is 30.6 Å². The Morgan fingerprint density at radius 1 is 0.677 bits per heavy atom. The fourth-order valence-electron chi connectivity index (χ4n) is 6.54. The monoisotopic (exact) mass is 420 g/mol. The summed E-state index contributed by atoms with van der Waals surface area (Å²) in [7, 11) is 0. The molecular weight excluding hydrogens is 380 g/mol. The highest BCUT2D eigenvalue weighted by molar-refractivity contribution is 5.43. The van der Waals surface area contributed by atoms with Crippen molar-refractivity contribution in [1.29, 1.82) is 0 Å². The SMILES string of the molecule is CCCCC[C@H]1CC[C@@H](C2CCC(c3ccc(O)cc3)(c3ccc(O)cc3)CC2)CC1. The molecule has 2 aromatic carbocycles. The van der Waals surface area contributed by atoms with Gasteiger partial charge in [0.2, 0.25) is 0 Å². The second-order valence-electron chi connectivity index (χ2n) is 10.3. The van der Waals surface area contributed by atoms with E-state index in [4.69, 9.17) is 0 Å². The molecule has 168 valence electrons. The molecule has 2 fully saturated rings. The molecule has 0 saturated heterocycles. The predicted octanol–water partition coefficient (Wildman–Crippen LogP) is 7.96. The molecule has 4 rings (SSSR count). The van der Waals surface area contributed by atoms with Crippen LogP contribution in [0.5, 0.6) is 11.5 Å². The Balaban J connectivity index is 1.43. The van der Waals surface area contributed by atoms with Crippen LogP contribution in [0.4, 0.5) is 0 Å². The van der Waals surface area contributed by atoms with Gasteiger partial charge in [-0.3, -0.25) is 0 Å². The van der Waals surface area contributed by atoms with Crippen molar-refractivity contribution >= 4 is 0 Å². The van der Waals surface area contributed by atoms with Gasteiger partial charge in [-0.1, -0.05) is 69.7 Å². The first-order valence-corrected chi connectivity index (χ1v) is 12.7. The summed E-state index contributed by atoms with van der Waals surface area (Å²) in [5.41, 5.74) is 2.60. The summed E-state index contributed by atoms with van der Waals surface area (Å²) < 4.78 is 0. The first-order chi connectivity index (χ1) is 15.1. The van der Waals surface area contributed by atoms with E-state index in [2.05, 4.69) is 31.2 Å². The first-order valence-electron chi connectivity index (χ1n) is 12.7. The molecule has 31 heavy (non-hydrogen) atoms. The van der Waals surface area contributed by atoms with Crippen molar-refractivity contribution in [3.63, 3.8) is 0 Å². The molecule has 2 saturated carbocycles. The maximum atomic E-state index is 9.81. The minimum atomic E-state index is -0.00471. The normalized spacial score (nSPS) is 24.2. The van der Waals surface area contributed by atoms with Gasteiger partial charge in [0.1, 0.15) is 11.5 Å². The summed E-state index contributed by atoms with van der Waals surface area (Å²) in [5, 5.41) is 19.6. The number of benzene rings is 2. The summed E-state index contributed by atoms with van der Waals surface area (Å²) in [6, 6.07) is 15.7. The van der Waals surface area contributed by atoms with Crippen LogP contribution in [-0.4, -0.2) is 10.2 Å². The molecule has 2 aliphatic carbocycles. The van der Waals surface area contributed by atoms with Crippen LogP contribution in [-0.2, 0) is 5.41 Å². The van der Waals surface area contributed by atoms with Crippen LogP contribution in [0.3, 0.4) is 0 Å². The fraction of sp³-hybridized carbons (Fsp3) is 0.586. The highest BCUT2D eigenvalue weighted by Crippen LogP contribution is 2.50. The average molecular weight is 421 g/mol. The largest absolute Gasteiger partial charge is 0.508 e. The standard InChI is InChI=1S/C29H40O2/c1-2-3-4-5-22-6-8-23(9-7-22)24-18-20-29(21-19-24,25-10-14-27(30)15-11-25)26-12-16-28(31)17-13-26/h10-17,22-24,30-31H,2-9,18-21H2,1H3/t22-,23+. The fourth-order valence-corrected chi connectivity index (χ4v) is 6.54. The van der Waals surface area contributed by atoms with Gasteiger partial charge >= 0.3 is 0 Å². The van der Waals surface area contributed by atoms with Crippen molar-refractivity contribution in [2.45, 2.75) is 89.4 Å². The van der Waals surface area contributed by atoms with Gasteiger partial charge in [0.15, 0.2) is 0 Å². The molecule has 0 atom stereocenters. The van der Waals surface area contributed by atoms with E-state index in [1.54, 1.807) is 0 Å². The molecule has 2 nitrogen and oxygen atoms in total. The molecule has 2 aliphatic rings. The van der Waals surface area contributed by atoms with E-state index in [0.29, 0.717) is 11.5 Å². The van der Waals surface area contributed by atoms with E-state index in [1.165, 1.54) is 75.3 Å². The third kappa shape index (κ3) is 5.10. The molecule has 0 aromatic heterocycles. The van der Waals surface area contributed by atoms with Gasteiger partial charge in [0.25, 0.3) is 0 Å². The van der Waals surface area contributed by atoms with Gasteiger partial charge in [-0.15, -0.1) is 0 Å². The van der Waals surface area contributed by atoms with Crippen LogP contribution in [0.1, 0.15) is 95.1 Å². The zero-order valence-corrected chi connectivity index (χ0v) is 19.2. The summed E-state index contributed by atoms with van der Waals surface area (Å²) in [5.74, 6) is 3.42. The Morgan fingerprint density at radius 2 is 1.16 bits per heavy atom. The third-order valence-electron chi connectivity index (χ3n) is 8.50. The Labute approximate surface area is 188 Å². The van der Waals surface area contributed by atoms with Crippen LogP contribution >= 0.6 is 0 Å². The summed E-state index contributed by atoms with van der Waals surface area (Å²) in [6.07, 6.45) is 16.3. The van der Waals surface area contributed by atoms with Gasteiger partial charge in [-0.05, 0) is 91.7 Å². The lowest BCUT2D eigenvalue weighted by molar-refractivity contribution is 0.140. The Morgan fingerprint density at radius 3 is 1.65 bits per heavy atom. The number of phenols is 2. The van der Waals surface area contributed by atoms with Crippen LogP contribution in [0, 0.1) is 17.8 Å². The zero-order valence-electron chi connectivity index (χ0n) is 19.2. The number of hydrogen-bond acceptors (Lipinski definition) is 2. The molecule has 2 N–H and O–H groups in total. The quantitative estimate of drug-likeness (QED) is 0.446. The highest BCUT2D eigenvalue weighted by Gasteiger charge is 2.40. The van der Waals surface area contributed by atoms with Crippen molar-refractivity contribution in [3.8, 4) is 11.5 Å². The molecule has 2 aromatic rings. The lowest BCUT2D eigenvalue weighted by atomic mass is 9.60. The van der Waals surface area contributed by atoms with Crippen LogP contribution in [0.25, 0.3) is 0 Å². The molecule has 0 heterocycles. The predicted molar refractivity (Wildman–Crippen MR) is 129 cm³/mol. The van der Waals surface area contributed by atoms with E-state index in [9.17, 15) is 10.2 Å². The highest BCUT2D eigenvalue weighted by atomic mass is 16.3. The average Bonchev–Trinajstić information content (AvgIpc) is 2.81. The van der Waals surface area contributed by atoms with Crippen molar-refractivity contribution in [3.05, 3.63) is 59.7 Å². The topological polar surface area (TPSA) is 40.5 Å². The second kappa shape index (κ2) is 10.1. The van der Waals surface area contributed by atoms with Gasteiger partial charge in [0, 0.05) is 5.41 Å². The molecule has 0 aliphatic heterocycles. The van der Waals surface area contributed by atoms with E-state index in [-0.39, 0.29) is 5.41 Å². The Kier molecular flexibility index (Phi) is 7.25. The Hall–Kier alpha value is -1.96. The van der Waals surface area contributed by atoms with Gasteiger partial charge < -0.3 is 10.2 Å². The number of unbranched alkanes of at least 4 members (excludes halogenated alkanes) is 2. The van der Waals surface area contributed by atoms with E-state index in [1.807, 2.05) is 24.3 Å². The van der Waals surface area contributed by atoms with Gasteiger partial charge in [-0.25, -0.2) is 0 Å². The second-order valence-corrected chi connectivity index (χ2v) is 10.3. The first kappa shape index (κ1) is 22.2. The van der Waals surface area contributed by atoms with Crippen LogP contribution in [0.2, 0.25) is 0 Å². The van der Waals surface area contributed by atoms with E-state index < -0.39 is 0 Å². The number of aromatic hydroxyl groups is 2. The molecule has 0 unspecified atom stereocenters. The van der Waals surface area contributed by atoms with Crippen molar-refractivity contribution in [1.82, 2.24) is 0 Å². The lowest BCUT2D eigenvalue weighted by Crippen LogP contribution is -2.35. The van der Waals surface area contributed by atoms with Crippen molar-refractivity contribution < 1.29 is 10.2 Å². The summed E-state index contributed by atoms with van der Waals surface area (Å²) in [4.78, 5) is 0. The molecule has 0 bridgehead atoms. The van der Waals surface area contributed by atoms with Crippen LogP contribution < -0.4 is 0 Å². The summed E-state index contributed by atoms with van der Waals surface area (Å²) >= 11 is 0. The number of rotatable bonds is 7. The number of phenolic OH excluding ortho intramolecular Hbond substituents is 2. The van der Waals surface area contributed by atoms with E-state index >= 15 is 0 Å². The Bertz CT molecular complexity index is 744. The smallest absolute Gasteiger partial charge is 0.115 e. The third-order valence-corrected chi connectivity index (χ3v) is 8.50. The maximum Gasteiger partial charge on any atom is 0.115 e. The van der Waals surface area contributed by atoms with Crippen molar-refractivity contribution in [2.75, 3.05) is 0 Å². The summed E-state index contributed by atoms with van der Waals surface area (Å²) in [6.45, 7) is 2.30. The zero-order chi connectivity index (χ0) is 21.7.